The fourth-order valence-corrected chi connectivity index (χ4v) is 4.74. The smallest absolute Gasteiger partial charge is 0.219 e. The van der Waals surface area contributed by atoms with E-state index in [0.717, 1.165) is 30.4 Å². The van der Waals surface area contributed by atoms with E-state index in [9.17, 15) is 4.79 Å². The van der Waals surface area contributed by atoms with Crippen LogP contribution in [-0.2, 0) is 4.79 Å². The highest BCUT2D eigenvalue weighted by Gasteiger charge is 2.14. The molecule has 3 nitrogen and oxygen atoms in total. The molecule has 0 unspecified atom stereocenters. The fraction of sp³-hybridized carbons (Fsp3) is 0.967. The van der Waals surface area contributed by atoms with Crippen LogP contribution in [0.2, 0.25) is 0 Å². The highest BCUT2D eigenvalue weighted by molar-refractivity contribution is 5.75. The number of nitrogens with zero attached hydrogens (tertiary/aromatic N) is 1. The summed E-state index contributed by atoms with van der Waals surface area (Å²) >= 11 is 0. The highest BCUT2D eigenvalue weighted by Crippen LogP contribution is 2.13. The third-order valence-corrected chi connectivity index (χ3v) is 7.14. The van der Waals surface area contributed by atoms with Crippen molar-refractivity contribution >= 4 is 5.91 Å². The Morgan fingerprint density at radius 3 is 1.32 bits per heavy atom. The predicted molar refractivity (Wildman–Crippen MR) is 148 cm³/mol. The summed E-state index contributed by atoms with van der Waals surface area (Å²) in [7, 11) is 4.70. The molecule has 0 spiro atoms. The van der Waals surface area contributed by atoms with Gasteiger partial charge < -0.3 is 22.2 Å². The minimum Gasteiger partial charge on any atom is -1.00 e. The molecule has 0 heterocycles. The van der Waals surface area contributed by atoms with Crippen molar-refractivity contribution in [2.75, 3.05) is 33.7 Å². The van der Waals surface area contributed by atoms with Crippen LogP contribution in [0.5, 0.6) is 0 Å². The van der Waals surface area contributed by atoms with Gasteiger partial charge >= 0.3 is 0 Å². The lowest BCUT2D eigenvalue weighted by molar-refractivity contribution is -0.890. The standard InChI is InChI=1S/C30H62N2O.ClH/c1-5-7-9-11-13-15-16-17-18-20-22-24-28-32(3,4)29-25-27-31-30(33)26-23-21-19-14-12-10-8-6-2;/h5-29H2,1-4H3;1H. The van der Waals surface area contributed by atoms with Crippen molar-refractivity contribution < 1.29 is 21.7 Å². The van der Waals surface area contributed by atoms with Gasteiger partial charge in [-0.25, -0.2) is 0 Å². The van der Waals surface area contributed by atoms with Gasteiger partial charge in [0, 0.05) is 19.4 Å². The first kappa shape index (κ1) is 35.9. The molecule has 0 atom stereocenters. The highest BCUT2D eigenvalue weighted by atomic mass is 35.5. The average molecular weight is 503 g/mol. The van der Waals surface area contributed by atoms with Gasteiger partial charge in [0.15, 0.2) is 0 Å². The Hall–Kier alpha value is -0.280. The van der Waals surface area contributed by atoms with Crippen molar-refractivity contribution in [3.05, 3.63) is 0 Å². The number of hydrogen-bond acceptors (Lipinski definition) is 1. The van der Waals surface area contributed by atoms with Gasteiger partial charge in [0.2, 0.25) is 5.91 Å². The molecule has 1 amide bonds. The molecule has 34 heavy (non-hydrogen) atoms. The van der Waals surface area contributed by atoms with Crippen LogP contribution in [0.3, 0.4) is 0 Å². The van der Waals surface area contributed by atoms with E-state index in [1.54, 1.807) is 0 Å². The molecular formula is C30H63ClN2O. The lowest BCUT2D eigenvalue weighted by Gasteiger charge is -2.30. The molecule has 0 aliphatic rings. The Morgan fingerprint density at radius 1 is 0.529 bits per heavy atom. The minimum atomic E-state index is 0. The molecule has 4 heteroatoms. The molecule has 0 fully saturated rings. The number of carbonyl (C=O) groups is 1. The second-order valence-corrected chi connectivity index (χ2v) is 11.2. The zero-order valence-electron chi connectivity index (χ0n) is 23.9. The van der Waals surface area contributed by atoms with Crippen molar-refractivity contribution in [3.8, 4) is 0 Å². The first-order chi connectivity index (χ1) is 16.0. The van der Waals surface area contributed by atoms with E-state index in [1.165, 1.54) is 129 Å². The molecule has 0 saturated carbocycles. The normalized spacial score (nSPS) is 11.4. The Kier molecular flexibility index (Phi) is 28.8. The molecule has 206 valence electrons. The van der Waals surface area contributed by atoms with E-state index in [0.29, 0.717) is 6.42 Å². The monoisotopic (exact) mass is 502 g/mol. The second kappa shape index (κ2) is 27.3. The number of carbonyl (C=O) groups excluding carboxylic acids is 1. The predicted octanol–water partition coefficient (Wildman–Crippen LogP) is 5.81. The number of rotatable bonds is 26. The number of nitrogens with one attached hydrogen (secondary N) is 1. The number of hydrogen-bond donors (Lipinski definition) is 1. The maximum atomic E-state index is 12.0. The van der Waals surface area contributed by atoms with Crippen molar-refractivity contribution in [3.63, 3.8) is 0 Å². The quantitative estimate of drug-likeness (QED) is 0.117. The molecule has 0 rings (SSSR count). The van der Waals surface area contributed by atoms with Gasteiger partial charge in [0.25, 0.3) is 0 Å². The van der Waals surface area contributed by atoms with Crippen LogP contribution in [0, 0.1) is 0 Å². The van der Waals surface area contributed by atoms with Gasteiger partial charge in [-0.3, -0.25) is 4.79 Å². The Balaban J connectivity index is 0. The molecule has 0 radical (unpaired) electrons. The first-order valence-electron chi connectivity index (χ1n) is 15.1. The third kappa shape index (κ3) is 28.0. The van der Waals surface area contributed by atoms with Gasteiger partial charge in [0.05, 0.1) is 27.2 Å². The summed E-state index contributed by atoms with van der Waals surface area (Å²) in [6.45, 7) is 7.83. The summed E-state index contributed by atoms with van der Waals surface area (Å²) < 4.78 is 1.09. The summed E-state index contributed by atoms with van der Waals surface area (Å²) in [4.78, 5) is 12.0. The van der Waals surface area contributed by atoms with Crippen LogP contribution >= 0.6 is 0 Å². The van der Waals surface area contributed by atoms with Crippen molar-refractivity contribution in [2.24, 2.45) is 0 Å². The van der Waals surface area contributed by atoms with Crippen molar-refractivity contribution in [1.82, 2.24) is 5.32 Å². The molecule has 0 aromatic carbocycles. The Labute approximate surface area is 221 Å². The maximum absolute atomic E-state index is 12.0. The topological polar surface area (TPSA) is 29.1 Å². The largest absolute Gasteiger partial charge is 1.00 e. The lowest BCUT2D eigenvalue weighted by atomic mass is 10.1. The van der Waals surface area contributed by atoms with Crippen LogP contribution in [0.1, 0.15) is 155 Å². The van der Waals surface area contributed by atoms with E-state index in [4.69, 9.17) is 0 Å². The molecule has 0 aromatic rings. The summed E-state index contributed by atoms with van der Waals surface area (Å²) in [5.74, 6) is 0.257. The first-order valence-corrected chi connectivity index (χ1v) is 15.1. The van der Waals surface area contributed by atoms with Crippen LogP contribution in [0.15, 0.2) is 0 Å². The van der Waals surface area contributed by atoms with E-state index >= 15 is 0 Å². The van der Waals surface area contributed by atoms with E-state index in [1.807, 2.05) is 0 Å². The van der Waals surface area contributed by atoms with E-state index in [-0.39, 0.29) is 18.3 Å². The molecule has 0 saturated heterocycles. The number of unbranched alkanes of at least 4 members (excludes halogenated alkanes) is 18. The van der Waals surface area contributed by atoms with Crippen molar-refractivity contribution in [1.29, 1.82) is 0 Å². The van der Waals surface area contributed by atoms with E-state index in [2.05, 4.69) is 33.3 Å². The zero-order chi connectivity index (χ0) is 24.5. The molecule has 1 N–H and O–H groups in total. The maximum Gasteiger partial charge on any atom is 0.219 e. The van der Waals surface area contributed by atoms with Gasteiger partial charge in [-0.1, -0.05) is 123 Å². The molecule has 0 bridgehead atoms. The molecule has 0 aromatic heterocycles. The minimum absolute atomic E-state index is 0. The molecule has 0 aliphatic heterocycles. The van der Waals surface area contributed by atoms with Gasteiger partial charge in [0.1, 0.15) is 0 Å². The number of amides is 1. The van der Waals surface area contributed by atoms with E-state index < -0.39 is 0 Å². The number of quaternary nitrogens is 1. The van der Waals surface area contributed by atoms with Crippen LogP contribution in [-0.4, -0.2) is 44.1 Å². The van der Waals surface area contributed by atoms with Gasteiger partial charge in [-0.15, -0.1) is 0 Å². The van der Waals surface area contributed by atoms with Crippen LogP contribution in [0.25, 0.3) is 0 Å². The summed E-state index contributed by atoms with van der Waals surface area (Å²) in [5.41, 5.74) is 0. The SMILES string of the molecule is CCCCCCCCCCCCCC[N+](C)(C)CCCNC(=O)CCCCCCCCCC.[Cl-]. The average Bonchev–Trinajstić information content (AvgIpc) is 2.79. The lowest BCUT2D eigenvalue weighted by Crippen LogP contribution is -3.00. The van der Waals surface area contributed by atoms with Crippen LogP contribution in [0.4, 0.5) is 0 Å². The summed E-state index contributed by atoms with van der Waals surface area (Å²) in [6.07, 6.45) is 29.1. The fourth-order valence-electron chi connectivity index (χ4n) is 4.74. The second-order valence-electron chi connectivity index (χ2n) is 11.2. The number of halogens is 1. The molecule has 0 aliphatic carbocycles. The Bertz CT molecular complexity index is 415. The Morgan fingerprint density at radius 2 is 0.882 bits per heavy atom. The van der Waals surface area contributed by atoms with Crippen molar-refractivity contribution in [2.45, 2.75) is 155 Å². The van der Waals surface area contributed by atoms with Crippen LogP contribution < -0.4 is 17.7 Å². The zero-order valence-corrected chi connectivity index (χ0v) is 24.7. The summed E-state index contributed by atoms with van der Waals surface area (Å²) in [5, 5.41) is 3.14. The van der Waals surface area contributed by atoms with Gasteiger partial charge in [-0.05, 0) is 19.3 Å². The molecular weight excluding hydrogens is 440 g/mol. The summed E-state index contributed by atoms with van der Waals surface area (Å²) in [6, 6.07) is 0. The van der Waals surface area contributed by atoms with Gasteiger partial charge in [-0.2, -0.15) is 0 Å². The third-order valence-electron chi connectivity index (χ3n) is 7.14.